The number of hydrogen-bond acceptors (Lipinski definition) is 0. The van der Waals surface area contributed by atoms with Gasteiger partial charge in [0.15, 0.2) is 0 Å². The molecule has 99 valence electrons. The van der Waals surface area contributed by atoms with E-state index < -0.39 is 0 Å². The van der Waals surface area contributed by atoms with Gasteiger partial charge in [-0.05, 0) is 0 Å². The fourth-order valence-electron chi connectivity index (χ4n) is 2.26. The topological polar surface area (TPSA) is 0 Å². The Morgan fingerprint density at radius 1 is 0.737 bits per heavy atom. The van der Waals surface area contributed by atoms with Crippen LogP contribution in [0, 0.1) is 0 Å². The van der Waals surface area contributed by atoms with Crippen LogP contribution in [0.1, 0.15) is 16.7 Å². The standard InChI is InChI=1S/C15H11.3ClH.Zr/c1-2-6-12(7-3-1)15-11-10-13-8-4-5-9-14(13)15;;;;/h1-11H;3*1H;. The molecule has 0 radical (unpaired) electrons. The number of halogens is 3. The van der Waals surface area contributed by atoms with Crippen molar-refractivity contribution in [2.45, 2.75) is 3.12 Å². The van der Waals surface area contributed by atoms with Gasteiger partial charge in [-0.15, -0.1) is 37.2 Å². The summed E-state index contributed by atoms with van der Waals surface area (Å²) >= 11 is 1.52. The molecule has 0 nitrogen and oxygen atoms in total. The number of hydrogen-bond donors (Lipinski definition) is 0. The summed E-state index contributed by atoms with van der Waals surface area (Å²) in [5, 5.41) is 0. The average Bonchev–Trinajstić information content (AvgIpc) is 2.71. The molecular formula is C15H14Cl3Zr. The van der Waals surface area contributed by atoms with Crippen molar-refractivity contribution in [2.75, 3.05) is 0 Å². The minimum atomic E-state index is 0. The molecule has 0 N–H and O–H groups in total. The van der Waals surface area contributed by atoms with E-state index in [-0.39, 0.29) is 40.3 Å². The number of fused-ring (bicyclic) bond motifs is 1. The van der Waals surface area contributed by atoms with Crippen molar-refractivity contribution in [1.82, 2.24) is 0 Å². The molecule has 2 aromatic rings. The maximum atomic E-state index is 2.34. The van der Waals surface area contributed by atoms with Gasteiger partial charge in [-0.25, -0.2) is 0 Å². The van der Waals surface area contributed by atoms with Crippen molar-refractivity contribution in [3.8, 4) is 0 Å². The minimum absolute atomic E-state index is 0. The quantitative estimate of drug-likeness (QED) is 0.657. The summed E-state index contributed by atoms with van der Waals surface area (Å²) in [5.41, 5.74) is 4.21. The third-order valence-corrected chi connectivity index (χ3v) is 4.91. The number of allylic oxidation sites excluding steroid dienone is 1. The summed E-state index contributed by atoms with van der Waals surface area (Å²) < 4.78 is 0.130. The molecule has 1 atom stereocenters. The molecule has 0 aromatic heterocycles. The third kappa shape index (κ3) is 3.34. The Kier molecular flexibility index (Phi) is 7.62. The molecule has 1 aliphatic rings. The van der Waals surface area contributed by atoms with E-state index in [1.54, 1.807) is 0 Å². The van der Waals surface area contributed by atoms with E-state index in [1.807, 2.05) is 0 Å². The van der Waals surface area contributed by atoms with Gasteiger partial charge in [0, 0.05) is 0 Å². The maximum absolute atomic E-state index is 2.34. The number of rotatable bonds is 1. The van der Waals surface area contributed by atoms with Crippen LogP contribution in [-0.4, -0.2) is 0 Å². The molecule has 4 heteroatoms. The molecule has 0 heterocycles. The van der Waals surface area contributed by atoms with Crippen LogP contribution >= 0.6 is 37.2 Å². The van der Waals surface area contributed by atoms with Crippen molar-refractivity contribution in [3.63, 3.8) is 0 Å². The summed E-state index contributed by atoms with van der Waals surface area (Å²) in [6.07, 6.45) is 4.59. The van der Waals surface area contributed by atoms with Gasteiger partial charge in [0.1, 0.15) is 0 Å². The predicted molar refractivity (Wildman–Crippen MR) is 84.4 cm³/mol. The van der Waals surface area contributed by atoms with Gasteiger partial charge in [-0.3, -0.25) is 0 Å². The molecule has 1 unspecified atom stereocenters. The Labute approximate surface area is 147 Å². The summed E-state index contributed by atoms with van der Waals surface area (Å²) in [4.78, 5) is 0. The molecule has 19 heavy (non-hydrogen) atoms. The third-order valence-electron chi connectivity index (χ3n) is 3.13. The summed E-state index contributed by atoms with van der Waals surface area (Å²) in [6, 6.07) is 19.4. The van der Waals surface area contributed by atoms with Gasteiger partial charge in [0.25, 0.3) is 0 Å². The summed E-state index contributed by atoms with van der Waals surface area (Å²) in [6.45, 7) is 0. The Hall–Kier alpha value is -0.0669. The molecule has 0 spiro atoms. The Morgan fingerprint density at radius 2 is 1.32 bits per heavy atom. The molecule has 3 rings (SSSR count). The zero-order valence-electron chi connectivity index (χ0n) is 10.1. The first kappa shape index (κ1) is 18.9. The molecule has 1 aliphatic carbocycles. The first-order chi connectivity index (χ1) is 7.81. The van der Waals surface area contributed by atoms with Gasteiger partial charge in [-0.2, -0.15) is 0 Å². The van der Waals surface area contributed by atoms with E-state index in [4.69, 9.17) is 0 Å². The van der Waals surface area contributed by atoms with Crippen molar-refractivity contribution >= 4 is 43.3 Å². The van der Waals surface area contributed by atoms with Crippen molar-refractivity contribution in [1.29, 1.82) is 0 Å². The van der Waals surface area contributed by atoms with Gasteiger partial charge < -0.3 is 0 Å². The van der Waals surface area contributed by atoms with Crippen LogP contribution in [0.25, 0.3) is 6.08 Å². The molecule has 0 amide bonds. The van der Waals surface area contributed by atoms with E-state index >= 15 is 0 Å². The summed E-state index contributed by atoms with van der Waals surface area (Å²) in [7, 11) is 0. The first-order valence-corrected chi connectivity index (χ1v) is 6.63. The van der Waals surface area contributed by atoms with Crippen LogP contribution in [0.4, 0.5) is 0 Å². The number of benzene rings is 2. The molecule has 0 aliphatic heterocycles. The second-order valence-electron chi connectivity index (χ2n) is 4.09. The molecule has 2 aromatic carbocycles. The van der Waals surface area contributed by atoms with Gasteiger partial charge in [0.05, 0.1) is 0 Å². The zero-order chi connectivity index (χ0) is 11.0. The van der Waals surface area contributed by atoms with E-state index in [1.165, 1.54) is 41.4 Å². The van der Waals surface area contributed by atoms with Crippen LogP contribution < -0.4 is 0 Å². The molecule has 0 bridgehead atoms. The molecule has 0 saturated carbocycles. The van der Waals surface area contributed by atoms with Crippen LogP contribution in [0.2, 0.25) is 0 Å². The average molecular weight is 392 g/mol. The first-order valence-electron chi connectivity index (χ1n) is 5.40. The van der Waals surface area contributed by atoms with Gasteiger partial charge >= 0.3 is 111 Å². The monoisotopic (exact) mass is 389 g/mol. The second-order valence-corrected chi connectivity index (χ2v) is 6.03. The van der Waals surface area contributed by atoms with E-state index in [0.29, 0.717) is 0 Å². The van der Waals surface area contributed by atoms with E-state index in [9.17, 15) is 0 Å². The predicted octanol–water partition coefficient (Wildman–Crippen LogP) is 4.77. The normalized spacial score (nSPS) is 18.5. The zero-order valence-corrected chi connectivity index (χ0v) is 15.0. The Bertz CT molecular complexity index is 554. The van der Waals surface area contributed by atoms with E-state index in [2.05, 4.69) is 66.7 Å². The van der Waals surface area contributed by atoms with Crippen molar-refractivity contribution in [2.24, 2.45) is 0 Å². The van der Waals surface area contributed by atoms with Gasteiger partial charge in [-0.1, -0.05) is 0 Å². The fraction of sp³-hybridized carbons (Fsp3) is 0.0667. The molecular weight excluding hydrogens is 378 g/mol. The second kappa shape index (κ2) is 7.65. The Balaban J connectivity index is 0.00000108. The Morgan fingerprint density at radius 3 is 2.00 bits per heavy atom. The van der Waals surface area contributed by atoms with Crippen molar-refractivity contribution < 1.29 is 24.7 Å². The molecule has 0 fully saturated rings. The van der Waals surface area contributed by atoms with Gasteiger partial charge in [0.2, 0.25) is 0 Å². The SMILES string of the molecule is Cl.Cl.Cl.[Zr][C]1(c2ccccc2)C=Cc2ccccc21. The molecule has 0 saturated heterocycles. The summed E-state index contributed by atoms with van der Waals surface area (Å²) in [5.74, 6) is 0. The van der Waals surface area contributed by atoms with Crippen LogP contribution in [0.5, 0.6) is 0 Å². The van der Waals surface area contributed by atoms with Crippen LogP contribution in [0.3, 0.4) is 0 Å². The van der Waals surface area contributed by atoms with Crippen molar-refractivity contribution in [3.05, 3.63) is 77.4 Å². The van der Waals surface area contributed by atoms with E-state index in [0.717, 1.165) is 0 Å². The fourth-order valence-corrected chi connectivity index (χ4v) is 3.43. The van der Waals surface area contributed by atoms with Crippen LogP contribution in [-0.2, 0) is 27.8 Å². The van der Waals surface area contributed by atoms with Crippen LogP contribution in [0.15, 0.2) is 60.7 Å².